The van der Waals surface area contributed by atoms with Crippen LogP contribution < -0.4 is 0 Å². The lowest BCUT2D eigenvalue weighted by atomic mass is 9.37. The Labute approximate surface area is 221 Å². The molecule has 0 radical (unpaired) electrons. The first-order chi connectivity index (χ1) is 16.8. The van der Waals surface area contributed by atoms with Crippen molar-refractivity contribution in [3.05, 3.63) is 11.6 Å². The largest absolute Gasteiger partial charge is 0.392 e. The molecule has 0 aromatic rings. The van der Waals surface area contributed by atoms with Gasteiger partial charge in [-0.2, -0.15) is 0 Å². The van der Waals surface area contributed by atoms with Crippen LogP contribution in [0.5, 0.6) is 0 Å². The summed E-state index contributed by atoms with van der Waals surface area (Å²) in [7, 11) is 0. The predicted octanol–water partition coefficient (Wildman–Crippen LogP) is 3.10. The third-order valence-electron chi connectivity index (χ3n) is 12.4. The van der Waals surface area contributed by atoms with Crippen molar-refractivity contribution >= 4 is 5.78 Å². The van der Waals surface area contributed by atoms with Crippen LogP contribution in [-0.2, 0) is 9.53 Å². The number of hydrogen-bond donors (Lipinski definition) is 5. The molecule has 4 fully saturated rings. The van der Waals surface area contributed by atoms with Gasteiger partial charge in [-0.05, 0) is 68.6 Å². The molecule has 11 atom stereocenters. The normalized spacial score (nSPS) is 52.2. The van der Waals surface area contributed by atoms with E-state index in [4.69, 9.17) is 4.74 Å². The summed E-state index contributed by atoms with van der Waals surface area (Å²) < 4.78 is 5.67. The van der Waals surface area contributed by atoms with Crippen molar-refractivity contribution < 1.29 is 35.1 Å². The molecule has 0 aromatic carbocycles. The second-order valence-electron chi connectivity index (χ2n) is 15.0. The highest BCUT2D eigenvalue weighted by Gasteiger charge is 2.70. The topological polar surface area (TPSA) is 127 Å². The van der Waals surface area contributed by atoms with Crippen molar-refractivity contribution in [2.24, 2.45) is 39.4 Å². The minimum Gasteiger partial charge on any atom is -0.392 e. The van der Waals surface area contributed by atoms with Crippen LogP contribution >= 0.6 is 0 Å². The van der Waals surface area contributed by atoms with Crippen LogP contribution in [0.3, 0.4) is 0 Å². The van der Waals surface area contributed by atoms with E-state index in [2.05, 4.69) is 40.7 Å². The van der Waals surface area contributed by atoms with Crippen molar-refractivity contribution in [1.29, 1.82) is 0 Å². The molecule has 3 saturated carbocycles. The van der Waals surface area contributed by atoms with Gasteiger partial charge in [-0.1, -0.05) is 46.3 Å². The molecule has 0 bridgehead atoms. The molecular weight excluding hydrogens is 472 g/mol. The Bertz CT molecular complexity index is 998. The van der Waals surface area contributed by atoms with Crippen LogP contribution in [0.1, 0.15) is 93.4 Å². The number of aliphatic hydroxyl groups excluding tert-OH is 3. The number of hydrogen-bond acceptors (Lipinski definition) is 7. The van der Waals surface area contributed by atoms with Gasteiger partial charge in [0.2, 0.25) is 0 Å². The highest BCUT2D eigenvalue weighted by Crippen LogP contribution is 2.73. The molecule has 37 heavy (non-hydrogen) atoms. The highest BCUT2D eigenvalue weighted by atomic mass is 16.6. The molecule has 7 nitrogen and oxygen atoms in total. The predicted molar refractivity (Wildman–Crippen MR) is 138 cm³/mol. The van der Waals surface area contributed by atoms with Crippen LogP contribution in [0.25, 0.3) is 0 Å². The Kier molecular flexibility index (Phi) is 6.08. The van der Waals surface area contributed by atoms with Crippen LogP contribution in [0.2, 0.25) is 0 Å². The van der Waals surface area contributed by atoms with Gasteiger partial charge >= 0.3 is 0 Å². The van der Waals surface area contributed by atoms with Gasteiger partial charge in [0, 0.05) is 29.6 Å². The molecule has 0 amide bonds. The van der Waals surface area contributed by atoms with Crippen molar-refractivity contribution in [3.63, 3.8) is 0 Å². The zero-order chi connectivity index (χ0) is 27.6. The molecule has 1 aliphatic heterocycles. The van der Waals surface area contributed by atoms with Gasteiger partial charge in [-0.3, -0.25) is 4.79 Å². The van der Waals surface area contributed by atoms with E-state index in [0.29, 0.717) is 25.0 Å². The molecule has 0 aromatic heterocycles. The number of Topliss-reactive ketones (excluding diaryl/α,β-unsaturated/α-hetero) is 1. The van der Waals surface area contributed by atoms with E-state index in [1.165, 1.54) is 13.8 Å². The maximum atomic E-state index is 12.9. The van der Waals surface area contributed by atoms with E-state index in [0.717, 1.165) is 24.8 Å². The summed E-state index contributed by atoms with van der Waals surface area (Å²) >= 11 is 0. The summed E-state index contributed by atoms with van der Waals surface area (Å²) in [4.78, 5) is 12.9. The summed E-state index contributed by atoms with van der Waals surface area (Å²) in [6, 6.07) is 0. The van der Waals surface area contributed by atoms with Gasteiger partial charge in [0.25, 0.3) is 0 Å². The number of allylic oxidation sites excluding steroid dienone is 1. The van der Waals surface area contributed by atoms with Crippen molar-refractivity contribution in [2.75, 3.05) is 0 Å². The Morgan fingerprint density at radius 1 is 1.05 bits per heavy atom. The third kappa shape index (κ3) is 3.50. The monoisotopic (exact) mass is 520 g/mol. The fourth-order valence-corrected chi connectivity index (χ4v) is 10.2. The molecule has 0 spiro atoms. The van der Waals surface area contributed by atoms with Gasteiger partial charge in [0.1, 0.15) is 17.5 Å². The number of ether oxygens (including phenoxy) is 1. The zero-order valence-electron chi connectivity index (χ0n) is 23.6. The maximum absolute atomic E-state index is 12.9. The summed E-state index contributed by atoms with van der Waals surface area (Å²) in [5.41, 5.74) is -3.33. The van der Waals surface area contributed by atoms with E-state index in [1.54, 1.807) is 0 Å². The molecule has 210 valence electrons. The zero-order valence-corrected chi connectivity index (χ0v) is 23.6. The van der Waals surface area contributed by atoms with E-state index < -0.39 is 52.0 Å². The minimum absolute atomic E-state index is 0.0273. The molecule has 5 aliphatic rings. The average molecular weight is 521 g/mol. The van der Waals surface area contributed by atoms with E-state index >= 15 is 0 Å². The fraction of sp³-hybridized carbons (Fsp3) is 0.900. The SMILES string of the molecule is CC(C)(O)C(O)C1C[C@@](O)([C@@H]2CC=C3[C@]4(C)[C@H](O)C[C@H]5C(C)(C)C(=O)CC[C@]5(C)[C@H]4CC[C@]32C)C(O)O1. The van der Waals surface area contributed by atoms with Crippen molar-refractivity contribution in [1.82, 2.24) is 0 Å². The lowest BCUT2D eigenvalue weighted by Crippen LogP contribution is -2.65. The molecule has 5 rings (SSSR count). The standard InChI is InChI=1S/C30H48O7/c1-25(2)20-14-22(32)29(7)17-8-9-19(30(36)15-16(37-24(30)34)23(33)26(3,4)35)27(17,5)12-10-18(29)28(20,6)13-11-21(25)31/h8,16,18-20,22-24,32-36H,9-15H2,1-7H3/t16?,18-,19-,20+,22-,23?,24?,27-,28-,29+,30-/m1/s1. The van der Waals surface area contributed by atoms with Crippen LogP contribution in [0.15, 0.2) is 11.6 Å². The van der Waals surface area contributed by atoms with Crippen molar-refractivity contribution in [2.45, 2.75) is 129 Å². The number of carbonyl (C=O) groups is 1. The Balaban J connectivity index is 1.48. The molecule has 1 saturated heterocycles. The Morgan fingerprint density at radius 2 is 1.70 bits per heavy atom. The fourth-order valence-electron chi connectivity index (χ4n) is 10.2. The number of aliphatic hydroxyl groups is 5. The average Bonchev–Trinajstić information content (AvgIpc) is 3.30. The number of fused-ring (bicyclic) bond motifs is 5. The summed E-state index contributed by atoms with van der Waals surface area (Å²) in [6.45, 7) is 13.8. The minimum atomic E-state index is -1.58. The molecule has 5 N–H and O–H groups in total. The second kappa shape index (κ2) is 8.11. The summed E-state index contributed by atoms with van der Waals surface area (Å²) in [5.74, 6) is 0.286. The molecule has 3 unspecified atom stereocenters. The molecular formula is C30H48O7. The number of ketones is 1. The number of rotatable bonds is 3. The molecule has 4 aliphatic carbocycles. The van der Waals surface area contributed by atoms with E-state index in [9.17, 15) is 30.3 Å². The first kappa shape index (κ1) is 27.7. The lowest BCUT2D eigenvalue weighted by molar-refractivity contribution is -0.220. The van der Waals surface area contributed by atoms with Gasteiger partial charge < -0.3 is 30.3 Å². The lowest BCUT2D eigenvalue weighted by Gasteiger charge is -2.67. The Hall–Kier alpha value is -0.830. The first-order valence-corrected chi connectivity index (χ1v) is 14.2. The van der Waals surface area contributed by atoms with Gasteiger partial charge in [-0.15, -0.1) is 0 Å². The third-order valence-corrected chi connectivity index (χ3v) is 12.4. The van der Waals surface area contributed by atoms with E-state index in [1.807, 2.05) is 0 Å². The van der Waals surface area contributed by atoms with Crippen molar-refractivity contribution in [3.8, 4) is 0 Å². The number of carbonyl (C=O) groups excluding carboxylic acids is 1. The smallest absolute Gasteiger partial charge is 0.184 e. The van der Waals surface area contributed by atoms with Gasteiger partial charge in [0.15, 0.2) is 6.29 Å². The quantitative estimate of drug-likeness (QED) is 0.362. The second-order valence-corrected chi connectivity index (χ2v) is 15.0. The first-order valence-electron chi connectivity index (χ1n) is 14.2. The highest BCUT2D eigenvalue weighted by molar-refractivity contribution is 5.85. The molecule has 7 heteroatoms. The van der Waals surface area contributed by atoms with Crippen LogP contribution in [0.4, 0.5) is 0 Å². The maximum Gasteiger partial charge on any atom is 0.184 e. The van der Waals surface area contributed by atoms with Gasteiger partial charge in [0.05, 0.1) is 17.8 Å². The van der Waals surface area contributed by atoms with Crippen LogP contribution in [-0.4, -0.2) is 67.1 Å². The van der Waals surface area contributed by atoms with Crippen LogP contribution in [0, 0.1) is 39.4 Å². The molecule has 1 heterocycles. The summed E-state index contributed by atoms with van der Waals surface area (Å²) in [6.07, 6.45) is 2.23. The van der Waals surface area contributed by atoms with E-state index in [-0.39, 0.29) is 29.6 Å². The van der Waals surface area contributed by atoms with Gasteiger partial charge in [-0.25, -0.2) is 0 Å². The summed E-state index contributed by atoms with van der Waals surface area (Å²) in [5, 5.41) is 55.7. The Morgan fingerprint density at radius 3 is 2.32 bits per heavy atom.